The first-order chi connectivity index (χ1) is 10.4. The fourth-order valence-electron chi connectivity index (χ4n) is 2.06. The van der Waals surface area contributed by atoms with Gasteiger partial charge >= 0.3 is 5.97 Å². The summed E-state index contributed by atoms with van der Waals surface area (Å²) in [4.78, 5) is 37.5. The molecule has 0 atom stereocenters. The normalized spacial score (nSPS) is 11.1. The Kier molecular flexibility index (Phi) is 6.44. The maximum atomic E-state index is 12.0. The van der Waals surface area contributed by atoms with Crippen LogP contribution < -0.4 is 5.32 Å². The Morgan fingerprint density at radius 2 is 1.68 bits per heavy atom. The third kappa shape index (κ3) is 4.51. The predicted octanol–water partition coefficient (Wildman–Crippen LogP) is 1.86. The number of nitrogens with zero attached hydrogens (tertiary/aromatic N) is 1. The van der Waals surface area contributed by atoms with Crippen molar-refractivity contribution in [2.24, 2.45) is 4.99 Å². The van der Waals surface area contributed by atoms with Gasteiger partial charge in [-0.3, -0.25) is 14.6 Å². The Labute approximate surface area is 129 Å². The molecule has 0 aliphatic heterocycles. The first kappa shape index (κ1) is 17.6. The van der Waals surface area contributed by atoms with Crippen LogP contribution in [0, 0.1) is 0 Å². The monoisotopic (exact) mass is 304 g/mol. The molecule has 0 spiro atoms. The van der Waals surface area contributed by atoms with Gasteiger partial charge in [-0.1, -0.05) is 32.0 Å². The number of rotatable bonds is 7. The van der Waals surface area contributed by atoms with Crippen molar-refractivity contribution in [1.82, 2.24) is 0 Å². The van der Waals surface area contributed by atoms with Gasteiger partial charge in [0.2, 0.25) is 5.91 Å². The van der Waals surface area contributed by atoms with Crippen molar-refractivity contribution in [1.29, 1.82) is 0 Å². The number of hydrogen-bond donors (Lipinski definition) is 2. The highest BCUT2D eigenvalue weighted by molar-refractivity contribution is 6.63. The minimum atomic E-state index is -1.43. The average Bonchev–Trinajstić information content (AvgIpc) is 2.46. The van der Waals surface area contributed by atoms with Crippen LogP contribution in [0.2, 0.25) is 0 Å². The molecule has 0 heterocycles. The summed E-state index contributed by atoms with van der Waals surface area (Å²) in [6.45, 7) is 4.68. The zero-order valence-corrected chi connectivity index (χ0v) is 13.0. The van der Waals surface area contributed by atoms with E-state index in [9.17, 15) is 14.4 Å². The van der Waals surface area contributed by atoms with Crippen LogP contribution in [0.4, 0.5) is 5.69 Å². The Morgan fingerprint density at radius 1 is 1.14 bits per heavy atom. The van der Waals surface area contributed by atoms with Crippen molar-refractivity contribution in [3.05, 3.63) is 29.3 Å². The number of hydrogen-bond acceptors (Lipinski definition) is 4. The van der Waals surface area contributed by atoms with Gasteiger partial charge in [-0.05, 0) is 24.0 Å². The molecule has 1 aromatic carbocycles. The maximum absolute atomic E-state index is 12.0. The highest BCUT2D eigenvalue weighted by Gasteiger charge is 2.16. The van der Waals surface area contributed by atoms with Gasteiger partial charge in [0.15, 0.2) is 11.5 Å². The lowest BCUT2D eigenvalue weighted by Crippen LogP contribution is -2.24. The molecule has 22 heavy (non-hydrogen) atoms. The number of amides is 1. The van der Waals surface area contributed by atoms with Crippen molar-refractivity contribution in [2.75, 3.05) is 11.9 Å². The molecular weight excluding hydrogens is 284 g/mol. The summed E-state index contributed by atoms with van der Waals surface area (Å²) in [7, 11) is 0. The molecule has 0 aromatic heterocycles. The first-order valence-electron chi connectivity index (χ1n) is 7.09. The number of carbonyl (C=O) groups excluding carboxylic acids is 2. The molecule has 6 heteroatoms. The van der Waals surface area contributed by atoms with Crippen LogP contribution in [0.1, 0.15) is 31.9 Å². The lowest BCUT2D eigenvalue weighted by atomic mass is 10.0. The molecule has 1 aromatic rings. The van der Waals surface area contributed by atoms with E-state index in [1.807, 2.05) is 32.0 Å². The van der Waals surface area contributed by atoms with Crippen LogP contribution in [0.25, 0.3) is 0 Å². The van der Waals surface area contributed by atoms with Gasteiger partial charge in [0.1, 0.15) is 6.54 Å². The molecule has 0 radical (unpaired) electrons. The number of carboxylic acids is 1. The third-order valence-corrected chi connectivity index (χ3v) is 3.18. The fourth-order valence-corrected chi connectivity index (χ4v) is 2.06. The Hall–Kier alpha value is -2.50. The molecule has 118 valence electrons. The lowest BCUT2D eigenvalue weighted by Gasteiger charge is -2.13. The second-order valence-electron chi connectivity index (χ2n) is 4.73. The smallest absolute Gasteiger partial charge is 0.357 e. The zero-order valence-electron chi connectivity index (χ0n) is 13.0. The molecule has 2 N–H and O–H groups in total. The van der Waals surface area contributed by atoms with Crippen molar-refractivity contribution in [3.63, 3.8) is 0 Å². The summed E-state index contributed by atoms with van der Waals surface area (Å²) in [5.41, 5.74) is 2.13. The molecule has 0 saturated heterocycles. The average molecular weight is 304 g/mol. The van der Waals surface area contributed by atoms with Crippen LogP contribution in [-0.4, -0.2) is 35.0 Å². The Balaban J connectivity index is 2.92. The number of aliphatic imine (C=N–C) groups is 1. The molecule has 0 aliphatic carbocycles. The molecule has 0 saturated carbocycles. The zero-order chi connectivity index (χ0) is 16.7. The molecule has 0 aliphatic rings. The largest absolute Gasteiger partial charge is 0.476 e. The fraction of sp³-hybridized carbons (Fsp3) is 0.375. The van der Waals surface area contributed by atoms with E-state index in [1.54, 1.807) is 0 Å². The molecule has 0 fully saturated rings. The van der Waals surface area contributed by atoms with E-state index in [2.05, 4.69) is 10.3 Å². The molecule has 1 rings (SSSR count). The number of nitrogens with one attached hydrogen (secondary N) is 1. The number of carboxylic acid groups (broad SMARTS) is 1. The van der Waals surface area contributed by atoms with Crippen molar-refractivity contribution >= 4 is 29.1 Å². The Bertz CT molecular complexity index is 582. The van der Waals surface area contributed by atoms with Crippen molar-refractivity contribution in [3.8, 4) is 0 Å². The molecule has 1 amide bonds. The van der Waals surface area contributed by atoms with Gasteiger partial charge in [0, 0.05) is 12.6 Å². The number of ketones is 1. The van der Waals surface area contributed by atoms with E-state index < -0.39 is 29.9 Å². The number of benzene rings is 1. The first-order valence-corrected chi connectivity index (χ1v) is 7.09. The summed E-state index contributed by atoms with van der Waals surface area (Å²) in [5.74, 6) is -2.55. The number of aryl methyl sites for hydroxylation is 2. The van der Waals surface area contributed by atoms with Crippen LogP contribution in [0.3, 0.4) is 0 Å². The van der Waals surface area contributed by atoms with Gasteiger partial charge < -0.3 is 10.4 Å². The van der Waals surface area contributed by atoms with Crippen LogP contribution in [-0.2, 0) is 27.2 Å². The summed E-state index contributed by atoms with van der Waals surface area (Å²) < 4.78 is 0. The van der Waals surface area contributed by atoms with E-state index in [0.717, 1.165) is 36.6 Å². The highest BCUT2D eigenvalue weighted by atomic mass is 16.4. The second kappa shape index (κ2) is 8.07. The number of para-hydroxylation sites is 1. The van der Waals surface area contributed by atoms with Gasteiger partial charge in [-0.25, -0.2) is 4.79 Å². The SMILES string of the molecule is CCc1cccc(CC)c1NC(=O)CN=C(C(C)=O)C(=O)O. The van der Waals surface area contributed by atoms with Gasteiger partial charge in [-0.2, -0.15) is 0 Å². The molecule has 0 unspecified atom stereocenters. The van der Waals surface area contributed by atoms with Crippen molar-refractivity contribution < 1.29 is 19.5 Å². The number of aliphatic carboxylic acids is 1. The van der Waals surface area contributed by atoms with E-state index in [1.165, 1.54) is 0 Å². The molecular formula is C16H20N2O4. The molecule has 6 nitrogen and oxygen atoms in total. The van der Waals surface area contributed by atoms with E-state index in [4.69, 9.17) is 5.11 Å². The predicted molar refractivity (Wildman–Crippen MR) is 84.4 cm³/mol. The summed E-state index contributed by atoms with van der Waals surface area (Å²) >= 11 is 0. The maximum Gasteiger partial charge on any atom is 0.357 e. The van der Waals surface area contributed by atoms with Crippen LogP contribution in [0.15, 0.2) is 23.2 Å². The third-order valence-electron chi connectivity index (χ3n) is 3.18. The number of carbonyl (C=O) groups is 3. The van der Waals surface area contributed by atoms with Gasteiger partial charge in [-0.15, -0.1) is 0 Å². The second-order valence-corrected chi connectivity index (χ2v) is 4.73. The van der Waals surface area contributed by atoms with Crippen molar-refractivity contribution in [2.45, 2.75) is 33.6 Å². The lowest BCUT2D eigenvalue weighted by molar-refractivity contribution is -0.130. The van der Waals surface area contributed by atoms with E-state index in [0.29, 0.717) is 0 Å². The van der Waals surface area contributed by atoms with E-state index in [-0.39, 0.29) is 0 Å². The summed E-state index contributed by atoms with van der Waals surface area (Å²) in [5, 5.41) is 11.6. The topological polar surface area (TPSA) is 95.8 Å². The minimum absolute atomic E-state index is 0.400. The summed E-state index contributed by atoms with van der Waals surface area (Å²) in [6.07, 6.45) is 1.53. The number of Topliss-reactive ketones (excluding diaryl/α,β-unsaturated/α-hetero) is 1. The molecule has 0 bridgehead atoms. The van der Waals surface area contributed by atoms with E-state index >= 15 is 0 Å². The number of anilines is 1. The standard InChI is InChI=1S/C16H20N2O4/c1-4-11-7-6-8-12(5-2)15(11)18-13(20)9-17-14(10(3)19)16(21)22/h6-8H,4-5,9H2,1-3H3,(H,18,20)(H,21,22). The van der Waals surface area contributed by atoms with Crippen LogP contribution >= 0.6 is 0 Å². The van der Waals surface area contributed by atoms with Gasteiger partial charge in [0.25, 0.3) is 0 Å². The highest BCUT2D eigenvalue weighted by Crippen LogP contribution is 2.22. The Morgan fingerprint density at radius 3 is 2.09 bits per heavy atom. The van der Waals surface area contributed by atoms with Gasteiger partial charge in [0.05, 0.1) is 0 Å². The quantitative estimate of drug-likeness (QED) is 0.593. The van der Waals surface area contributed by atoms with Crippen LogP contribution in [0.5, 0.6) is 0 Å². The summed E-state index contributed by atoms with van der Waals surface area (Å²) in [6, 6.07) is 5.79. The minimum Gasteiger partial charge on any atom is -0.476 e.